The highest BCUT2D eigenvalue weighted by Gasteiger charge is 2.54. The van der Waals surface area contributed by atoms with E-state index in [0.717, 1.165) is 19.4 Å². The number of nitrogens with zero attached hydrogens (tertiary/aromatic N) is 4. The lowest BCUT2D eigenvalue weighted by Crippen LogP contribution is -2.57. The summed E-state index contributed by atoms with van der Waals surface area (Å²) in [6.07, 6.45) is 1.66. The summed E-state index contributed by atoms with van der Waals surface area (Å²) in [5.41, 5.74) is 0.522. The highest BCUT2D eigenvalue weighted by Crippen LogP contribution is 2.45. The number of para-hydroxylation sites is 3. The van der Waals surface area contributed by atoms with E-state index in [1.54, 1.807) is 4.57 Å². The standard InChI is InChI=1S/C28H34N4O4/c1-5-35-23-13-9-8-12-22(23)32-24(29-21-11-7-6-10-20(21)25(32)33)18-30-16-17-31(28(19-30)14-15-28)26(34)36-27(2,3)4/h6-13H,5,14-19H2,1-4H3. The van der Waals surface area contributed by atoms with Gasteiger partial charge in [-0.3, -0.25) is 19.2 Å². The van der Waals surface area contributed by atoms with Gasteiger partial charge in [-0.25, -0.2) is 9.78 Å². The summed E-state index contributed by atoms with van der Waals surface area (Å²) in [5, 5.41) is 0.570. The Morgan fingerprint density at radius 2 is 1.78 bits per heavy atom. The number of carbonyl (C=O) groups excluding carboxylic acids is 1. The lowest BCUT2D eigenvalue weighted by Gasteiger charge is -2.42. The molecule has 1 aromatic heterocycles. The zero-order valence-corrected chi connectivity index (χ0v) is 21.5. The maximum Gasteiger partial charge on any atom is 0.410 e. The lowest BCUT2D eigenvalue weighted by molar-refractivity contribution is -0.00847. The Labute approximate surface area is 211 Å². The zero-order valence-electron chi connectivity index (χ0n) is 21.5. The first-order chi connectivity index (χ1) is 17.2. The summed E-state index contributed by atoms with van der Waals surface area (Å²) in [6, 6.07) is 15.0. The molecule has 1 aliphatic carbocycles. The van der Waals surface area contributed by atoms with Crippen LogP contribution < -0.4 is 10.3 Å². The van der Waals surface area contributed by atoms with Crippen LogP contribution in [-0.2, 0) is 11.3 Å². The first-order valence-corrected chi connectivity index (χ1v) is 12.7. The SMILES string of the molecule is CCOc1ccccc1-n1c(CN2CCN(C(=O)OC(C)(C)C)C3(CC3)C2)nc2ccccc2c1=O. The summed E-state index contributed by atoms with van der Waals surface area (Å²) in [7, 11) is 0. The molecule has 1 spiro atoms. The lowest BCUT2D eigenvalue weighted by atomic mass is 10.1. The van der Waals surface area contributed by atoms with Gasteiger partial charge in [0.05, 0.1) is 35.3 Å². The molecule has 1 saturated heterocycles. The number of benzene rings is 2. The zero-order chi connectivity index (χ0) is 25.5. The van der Waals surface area contributed by atoms with Crippen molar-refractivity contribution >= 4 is 17.0 Å². The van der Waals surface area contributed by atoms with Gasteiger partial charge >= 0.3 is 6.09 Å². The first-order valence-electron chi connectivity index (χ1n) is 12.7. The van der Waals surface area contributed by atoms with Crippen molar-refractivity contribution in [3.8, 4) is 11.4 Å². The van der Waals surface area contributed by atoms with Gasteiger partial charge in [-0.2, -0.15) is 0 Å². The van der Waals surface area contributed by atoms with Crippen molar-refractivity contribution in [3.05, 3.63) is 64.7 Å². The number of ether oxygens (including phenoxy) is 2. The smallest absolute Gasteiger partial charge is 0.410 e. The highest BCUT2D eigenvalue weighted by molar-refractivity contribution is 5.78. The van der Waals surface area contributed by atoms with Crippen LogP contribution in [0.15, 0.2) is 53.3 Å². The van der Waals surface area contributed by atoms with E-state index >= 15 is 0 Å². The number of hydrogen-bond donors (Lipinski definition) is 0. The molecular weight excluding hydrogens is 456 g/mol. The van der Waals surface area contributed by atoms with Crippen molar-refractivity contribution in [1.29, 1.82) is 0 Å². The predicted octanol–water partition coefficient (Wildman–Crippen LogP) is 4.37. The Kier molecular flexibility index (Phi) is 6.24. The molecule has 1 amide bonds. The van der Waals surface area contributed by atoms with Gasteiger partial charge in [0, 0.05) is 19.6 Å². The molecule has 8 heteroatoms. The summed E-state index contributed by atoms with van der Waals surface area (Å²) in [5.74, 6) is 1.31. The second-order valence-electron chi connectivity index (χ2n) is 10.7. The van der Waals surface area contributed by atoms with Crippen LogP contribution in [0.1, 0.15) is 46.4 Å². The topological polar surface area (TPSA) is 76.9 Å². The predicted molar refractivity (Wildman–Crippen MR) is 139 cm³/mol. The van der Waals surface area contributed by atoms with Crippen LogP contribution in [0.3, 0.4) is 0 Å². The molecule has 5 rings (SSSR count). The summed E-state index contributed by atoms with van der Waals surface area (Å²) in [4.78, 5) is 35.8. The molecule has 8 nitrogen and oxygen atoms in total. The number of piperazine rings is 1. The van der Waals surface area contributed by atoms with Crippen LogP contribution in [0.4, 0.5) is 4.79 Å². The van der Waals surface area contributed by atoms with Crippen molar-refractivity contribution in [3.63, 3.8) is 0 Å². The van der Waals surface area contributed by atoms with Gasteiger partial charge < -0.3 is 9.47 Å². The fraction of sp³-hybridized carbons (Fsp3) is 0.464. The number of aromatic nitrogens is 2. The normalized spacial score (nSPS) is 17.4. The molecule has 2 heterocycles. The van der Waals surface area contributed by atoms with Gasteiger partial charge in [0.1, 0.15) is 17.2 Å². The average Bonchev–Trinajstić information content (AvgIpc) is 3.58. The molecule has 1 aliphatic heterocycles. The monoisotopic (exact) mass is 490 g/mol. The maximum atomic E-state index is 13.7. The minimum atomic E-state index is -0.524. The van der Waals surface area contributed by atoms with Crippen molar-refractivity contribution < 1.29 is 14.3 Å². The summed E-state index contributed by atoms with van der Waals surface area (Å²) >= 11 is 0. The molecule has 2 aromatic carbocycles. The fourth-order valence-electron chi connectivity index (χ4n) is 5.02. The van der Waals surface area contributed by atoms with E-state index in [4.69, 9.17) is 14.5 Å². The maximum absolute atomic E-state index is 13.7. The van der Waals surface area contributed by atoms with E-state index < -0.39 is 5.60 Å². The Hall–Kier alpha value is -3.39. The summed E-state index contributed by atoms with van der Waals surface area (Å²) in [6.45, 7) is 10.6. The van der Waals surface area contributed by atoms with Crippen molar-refractivity contribution in [2.24, 2.45) is 0 Å². The minimum absolute atomic E-state index is 0.115. The van der Waals surface area contributed by atoms with Gasteiger partial charge in [-0.15, -0.1) is 0 Å². The van der Waals surface area contributed by atoms with E-state index in [1.807, 2.05) is 81.1 Å². The Morgan fingerprint density at radius 3 is 2.50 bits per heavy atom. The number of fused-ring (bicyclic) bond motifs is 1. The van der Waals surface area contributed by atoms with E-state index in [1.165, 1.54) is 0 Å². The molecule has 0 N–H and O–H groups in total. The number of amides is 1. The third-order valence-electron chi connectivity index (χ3n) is 6.79. The van der Waals surface area contributed by atoms with Crippen LogP contribution >= 0.6 is 0 Å². The van der Waals surface area contributed by atoms with E-state index in [0.29, 0.717) is 54.4 Å². The molecule has 0 atom stereocenters. The van der Waals surface area contributed by atoms with E-state index in [-0.39, 0.29) is 17.2 Å². The quantitative estimate of drug-likeness (QED) is 0.529. The molecule has 190 valence electrons. The van der Waals surface area contributed by atoms with E-state index in [9.17, 15) is 9.59 Å². The molecule has 0 radical (unpaired) electrons. The third kappa shape index (κ3) is 4.69. The van der Waals surface area contributed by atoms with Crippen LogP contribution in [0.5, 0.6) is 5.75 Å². The molecule has 36 heavy (non-hydrogen) atoms. The van der Waals surface area contributed by atoms with Crippen LogP contribution in [0.25, 0.3) is 16.6 Å². The van der Waals surface area contributed by atoms with Crippen molar-refractivity contribution in [2.45, 2.75) is 58.2 Å². The molecule has 1 saturated carbocycles. The number of rotatable bonds is 5. The van der Waals surface area contributed by atoms with Gasteiger partial charge in [-0.1, -0.05) is 24.3 Å². The van der Waals surface area contributed by atoms with Crippen LogP contribution in [-0.4, -0.2) is 62.8 Å². The molecule has 2 fully saturated rings. The summed E-state index contributed by atoms with van der Waals surface area (Å²) < 4.78 is 13.2. The fourth-order valence-corrected chi connectivity index (χ4v) is 5.02. The Bertz CT molecular complexity index is 1340. The number of hydrogen-bond acceptors (Lipinski definition) is 6. The van der Waals surface area contributed by atoms with Gasteiger partial charge in [0.2, 0.25) is 0 Å². The third-order valence-corrected chi connectivity index (χ3v) is 6.79. The minimum Gasteiger partial charge on any atom is -0.492 e. The van der Waals surface area contributed by atoms with Crippen LogP contribution in [0, 0.1) is 0 Å². The van der Waals surface area contributed by atoms with Gasteiger partial charge in [-0.05, 0) is 64.8 Å². The largest absolute Gasteiger partial charge is 0.492 e. The molecule has 0 unspecified atom stereocenters. The molecule has 2 aliphatic rings. The molecule has 3 aromatic rings. The second kappa shape index (κ2) is 9.24. The Morgan fingerprint density at radius 1 is 1.06 bits per heavy atom. The number of carbonyl (C=O) groups is 1. The first kappa shape index (κ1) is 24.3. The van der Waals surface area contributed by atoms with Gasteiger partial charge in [0.25, 0.3) is 5.56 Å². The van der Waals surface area contributed by atoms with Gasteiger partial charge in [0.15, 0.2) is 0 Å². The molecular formula is C28H34N4O4. The highest BCUT2D eigenvalue weighted by atomic mass is 16.6. The van der Waals surface area contributed by atoms with Crippen molar-refractivity contribution in [2.75, 3.05) is 26.2 Å². The van der Waals surface area contributed by atoms with Crippen molar-refractivity contribution in [1.82, 2.24) is 19.4 Å². The van der Waals surface area contributed by atoms with E-state index in [2.05, 4.69) is 4.90 Å². The Balaban J connectivity index is 1.49. The second-order valence-corrected chi connectivity index (χ2v) is 10.7. The molecule has 0 bridgehead atoms. The van der Waals surface area contributed by atoms with Crippen LogP contribution in [0.2, 0.25) is 0 Å². The average molecular weight is 491 g/mol.